The molecular weight excluding hydrogens is 214 g/mol. The highest BCUT2D eigenvalue weighted by Gasteiger charge is 2.06. The first-order valence-electron chi connectivity index (χ1n) is 5.21. The van der Waals surface area contributed by atoms with Gasteiger partial charge in [-0.05, 0) is 17.7 Å². The van der Waals surface area contributed by atoms with Crippen molar-refractivity contribution in [3.05, 3.63) is 71.8 Å². The van der Waals surface area contributed by atoms with Crippen LogP contribution in [-0.2, 0) is 5.75 Å². The lowest BCUT2D eigenvalue weighted by atomic mass is 10.2. The Bertz CT molecular complexity index is 451. The highest BCUT2D eigenvalue weighted by atomic mass is 32.2. The Morgan fingerprint density at radius 2 is 1.44 bits per heavy atom. The lowest BCUT2D eigenvalue weighted by molar-refractivity contribution is -0.107. The molecule has 2 aromatic rings. The minimum atomic E-state index is 0.879. The topological polar surface area (TPSA) is 25.6 Å². The Hall–Kier alpha value is -1.54. The molecule has 16 heavy (non-hydrogen) atoms. The van der Waals surface area contributed by atoms with Gasteiger partial charge >= 0.3 is 0 Å². The molecule has 1 nitrogen and oxygen atoms in total. The molecule has 0 aliphatic heterocycles. The van der Waals surface area contributed by atoms with Gasteiger partial charge in [0.1, 0.15) is 0 Å². The number of benzene rings is 2. The average molecular weight is 228 g/mol. The molecular formula is C14H14NS+. The van der Waals surface area contributed by atoms with E-state index in [9.17, 15) is 0 Å². The van der Waals surface area contributed by atoms with Crippen molar-refractivity contribution in [2.45, 2.75) is 5.75 Å². The lowest BCUT2D eigenvalue weighted by Crippen LogP contribution is -2.38. The van der Waals surface area contributed by atoms with Crippen molar-refractivity contribution >= 4 is 16.8 Å². The van der Waals surface area contributed by atoms with Gasteiger partial charge in [0.05, 0.1) is 5.56 Å². The van der Waals surface area contributed by atoms with Crippen LogP contribution >= 0.6 is 11.8 Å². The van der Waals surface area contributed by atoms with Crippen LogP contribution in [0.15, 0.2) is 60.7 Å². The fourth-order valence-corrected chi connectivity index (χ4v) is 2.24. The molecule has 0 unspecified atom stereocenters. The molecule has 0 radical (unpaired) electrons. The van der Waals surface area contributed by atoms with E-state index < -0.39 is 0 Å². The summed E-state index contributed by atoms with van der Waals surface area (Å²) < 4.78 is 0. The largest absolute Gasteiger partial charge is 0.248 e. The van der Waals surface area contributed by atoms with Crippen molar-refractivity contribution in [2.75, 3.05) is 0 Å². The van der Waals surface area contributed by atoms with Gasteiger partial charge in [0.15, 0.2) is 0 Å². The summed E-state index contributed by atoms with van der Waals surface area (Å²) in [6.07, 6.45) is 0. The van der Waals surface area contributed by atoms with Gasteiger partial charge in [0.2, 0.25) is 5.04 Å². The number of hydrogen-bond donors (Lipinski definition) is 1. The van der Waals surface area contributed by atoms with Gasteiger partial charge in [-0.1, -0.05) is 60.3 Å². The minimum absolute atomic E-state index is 0.879. The van der Waals surface area contributed by atoms with Crippen molar-refractivity contribution in [2.24, 2.45) is 0 Å². The number of rotatable bonds is 3. The quantitative estimate of drug-likeness (QED) is 0.632. The Morgan fingerprint density at radius 3 is 2.06 bits per heavy atom. The molecule has 0 aliphatic rings. The normalized spacial score (nSPS) is 10.0. The molecule has 0 aliphatic carbocycles. The van der Waals surface area contributed by atoms with E-state index in [1.54, 1.807) is 11.8 Å². The van der Waals surface area contributed by atoms with Crippen LogP contribution in [0.1, 0.15) is 11.1 Å². The first-order chi connectivity index (χ1) is 7.86. The molecule has 0 aromatic heterocycles. The predicted octanol–water partition coefficient (Wildman–Crippen LogP) is 2.13. The second-order valence-electron chi connectivity index (χ2n) is 3.50. The van der Waals surface area contributed by atoms with E-state index in [4.69, 9.17) is 5.41 Å². The van der Waals surface area contributed by atoms with Crippen molar-refractivity contribution in [1.82, 2.24) is 0 Å². The monoisotopic (exact) mass is 228 g/mol. The van der Waals surface area contributed by atoms with Gasteiger partial charge in [-0.25, -0.2) is 5.41 Å². The first-order valence-corrected chi connectivity index (χ1v) is 6.19. The maximum absolute atomic E-state index is 6.02. The second kappa shape index (κ2) is 5.52. The van der Waals surface area contributed by atoms with Gasteiger partial charge in [-0.3, -0.25) is 0 Å². The molecule has 80 valence electrons. The Balaban J connectivity index is 1.95. The summed E-state index contributed by atoms with van der Waals surface area (Å²) in [6, 6.07) is 20.4. The molecule has 0 saturated heterocycles. The smallest absolute Gasteiger partial charge is 0.239 e. The van der Waals surface area contributed by atoms with Crippen molar-refractivity contribution in [1.29, 1.82) is 0 Å². The molecule has 0 atom stereocenters. The number of nitrogens with two attached hydrogens (primary N) is 1. The maximum atomic E-state index is 6.02. The molecule has 0 amide bonds. The number of thioether (sulfide) groups is 1. The molecule has 2 rings (SSSR count). The fourth-order valence-electron chi connectivity index (χ4n) is 1.42. The summed E-state index contributed by atoms with van der Waals surface area (Å²) in [4.78, 5) is 0. The van der Waals surface area contributed by atoms with Gasteiger partial charge in [-0.15, -0.1) is 0 Å². The van der Waals surface area contributed by atoms with Crippen LogP contribution in [-0.4, -0.2) is 5.04 Å². The van der Waals surface area contributed by atoms with Gasteiger partial charge in [0, 0.05) is 5.75 Å². The summed E-state index contributed by atoms with van der Waals surface area (Å²) >= 11 is 1.68. The standard InChI is InChI=1S/C14H13NS/c15-14(13-9-5-2-6-10-13)16-11-12-7-3-1-4-8-12/h1-10,15H,11H2/p+1. The van der Waals surface area contributed by atoms with Crippen molar-refractivity contribution < 1.29 is 5.41 Å². The van der Waals surface area contributed by atoms with E-state index in [0.717, 1.165) is 16.4 Å². The molecule has 0 heterocycles. The summed E-state index contributed by atoms with van der Waals surface area (Å²) in [5.74, 6) is 0.918. The predicted molar refractivity (Wildman–Crippen MR) is 70.2 cm³/mol. The number of hydrogen-bond acceptors (Lipinski definition) is 1. The van der Waals surface area contributed by atoms with Gasteiger partial charge in [0.25, 0.3) is 0 Å². The van der Waals surface area contributed by atoms with E-state index in [2.05, 4.69) is 24.3 Å². The van der Waals surface area contributed by atoms with E-state index >= 15 is 0 Å². The zero-order valence-electron chi connectivity index (χ0n) is 8.97. The molecule has 0 bridgehead atoms. The summed E-state index contributed by atoms with van der Waals surface area (Å²) in [7, 11) is 0. The van der Waals surface area contributed by atoms with Crippen LogP contribution in [0.2, 0.25) is 0 Å². The van der Waals surface area contributed by atoms with E-state index in [1.807, 2.05) is 36.4 Å². The molecule has 0 fully saturated rings. The maximum Gasteiger partial charge on any atom is 0.239 e. The van der Waals surface area contributed by atoms with Crippen LogP contribution < -0.4 is 5.41 Å². The molecule has 2 aromatic carbocycles. The highest BCUT2D eigenvalue weighted by Crippen LogP contribution is 2.15. The van der Waals surface area contributed by atoms with E-state index in [0.29, 0.717) is 0 Å². The van der Waals surface area contributed by atoms with Crippen molar-refractivity contribution in [3.8, 4) is 0 Å². The Morgan fingerprint density at radius 1 is 0.875 bits per heavy atom. The van der Waals surface area contributed by atoms with Gasteiger partial charge < -0.3 is 0 Å². The van der Waals surface area contributed by atoms with Crippen LogP contribution in [0.3, 0.4) is 0 Å². The zero-order chi connectivity index (χ0) is 11.2. The summed E-state index contributed by atoms with van der Waals surface area (Å²) in [5, 5.41) is 6.90. The molecule has 2 heteroatoms. The SMILES string of the molecule is [NH2+]=C(SCc1ccccc1)c1ccccc1. The summed E-state index contributed by atoms with van der Waals surface area (Å²) in [5.41, 5.74) is 2.40. The van der Waals surface area contributed by atoms with Crippen LogP contribution in [0.25, 0.3) is 0 Å². The molecule has 2 N–H and O–H groups in total. The van der Waals surface area contributed by atoms with E-state index in [1.165, 1.54) is 5.56 Å². The van der Waals surface area contributed by atoms with Crippen molar-refractivity contribution in [3.63, 3.8) is 0 Å². The van der Waals surface area contributed by atoms with Crippen LogP contribution in [0.4, 0.5) is 0 Å². The van der Waals surface area contributed by atoms with E-state index in [-0.39, 0.29) is 0 Å². The lowest BCUT2D eigenvalue weighted by Gasteiger charge is -1.99. The minimum Gasteiger partial charge on any atom is -0.248 e. The third kappa shape index (κ3) is 2.97. The Kier molecular flexibility index (Phi) is 3.78. The average Bonchev–Trinajstić information content (AvgIpc) is 2.38. The fraction of sp³-hybridized carbons (Fsp3) is 0.0714. The van der Waals surface area contributed by atoms with Crippen LogP contribution in [0.5, 0.6) is 0 Å². The van der Waals surface area contributed by atoms with Gasteiger partial charge in [-0.2, -0.15) is 0 Å². The Labute approximate surface area is 100 Å². The summed E-state index contributed by atoms with van der Waals surface area (Å²) in [6.45, 7) is 0. The second-order valence-corrected chi connectivity index (χ2v) is 4.52. The third-order valence-electron chi connectivity index (χ3n) is 2.30. The molecule has 0 spiro atoms. The molecule has 0 saturated carbocycles. The zero-order valence-corrected chi connectivity index (χ0v) is 9.78. The third-order valence-corrected chi connectivity index (χ3v) is 3.32. The highest BCUT2D eigenvalue weighted by molar-refractivity contribution is 8.13. The first kappa shape index (κ1) is 11.0. The van der Waals surface area contributed by atoms with Crippen LogP contribution in [0, 0.1) is 0 Å².